The molecule has 3 atom stereocenters. The lowest BCUT2D eigenvalue weighted by Gasteiger charge is -2.42. The first-order valence-corrected chi connectivity index (χ1v) is 12.1. The average molecular weight is 439 g/mol. The second kappa shape index (κ2) is 10.1. The maximum atomic E-state index is 13.4. The van der Waals surface area contributed by atoms with E-state index in [9.17, 15) is 9.90 Å². The van der Waals surface area contributed by atoms with E-state index in [1.807, 2.05) is 36.5 Å². The van der Waals surface area contributed by atoms with E-state index in [2.05, 4.69) is 17.0 Å². The van der Waals surface area contributed by atoms with Crippen LogP contribution in [0, 0.1) is 5.92 Å². The highest BCUT2D eigenvalue weighted by atomic mass is 16.6. The summed E-state index contributed by atoms with van der Waals surface area (Å²) in [4.78, 5) is 21.9. The van der Waals surface area contributed by atoms with Crippen LogP contribution in [0.4, 0.5) is 0 Å². The summed E-state index contributed by atoms with van der Waals surface area (Å²) in [5.41, 5.74) is 0.127. The summed E-state index contributed by atoms with van der Waals surface area (Å²) in [6.07, 6.45) is 12.7. The van der Waals surface area contributed by atoms with Crippen LogP contribution in [-0.2, 0) is 21.6 Å². The molecule has 2 aliphatic rings. The Bertz CT molecular complexity index is 872. The van der Waals surface area contributed by atoms with E-state index < -0.39 is 11.6 Å². The first-order chi connectivity index (χ1) is 15.5. The number of piperidine rings is 1. The van der Waals surface area contributed by atoms with E-state index in [0.29, 0.717) is 5.56 Å². The molecule has 1 N–H and O–H groups in total. The number of benzene rings is 1. The van der Waals surface area contributed by atoms with Crippen molar-refractivity contribution in [1.82, 2.24) is 9.97 Å². The molecule has 1 aromatic heterocycles. The highest BCUT2D eigenvalue weighted by Crippen LogP contribution is 2.42. The van der Waals surface area contributed by atoms with Gasteiger partial charge in [-0.2, -0.15) is 0 Å². The zero-order valence-electron chi connectivity index (χ0n) is 19.2. The first kappa shape index (κ1) is 22.9. The Morgan fingerprint density at radius 3 is 2.66 bits per heavy atom. The van der Waals surface area contributed by atoms with Crippen LogP contribution in [0.15, 0.2) is 48.9 Å². The predicted molar refractivity (Wildman–Crippen MR) is 123 cm³/mol. The zero-order valence-corrected chi connectivity index (χ0v) is 19.2. The van der Waals surface area contributed by atoms with Crippen LogP contribution in [0.3, 0.4) is 0 Å². The van der Waals surface area contributed by atoms with Crippen LogP contribution in [0.5, 0.6) is 0 Å². The summed E-state index contributed by atoms with van der Waals surface area (Å²) in [6.45, 7) is 2.89. The molecule has 0 spiro atoms. The van der Waals surface area contributed by atoms with Gasteiger partial charge >= 0.3 is 5.97 Å². The van der Waals surface area contributed by atoms with Crippen molar-refractivity contribution in [2.45, 2.75) is 63.1 Å². The predicted octanol–water partition coefficient (Wildman–Crippen LogP) is 3.64. The number of nitrogens with zero attached hydrogens (tertiary/aromatic N) is 3. The van der Waals surface area contributed by atoms with Gasteiger partial charge in [0.05, 0.1) is 25.8 Å². The zero-order chi connectivity index (χ0) is 22.4. The number of aromatic nitrogens is 2. The molecule has 172 valence electrons. The fraction of sp³-hybridized carbons (Fsp3) is 0.577. The topological polar surface area (TPSA) is 72.3 Å². The largest absolute Gasteiger partial charge is 0.454 e. The first-order valence-electron chi connectivity index (χ1n) is 12.1. The van der Waals surface area contributed by atoms with Crippen LogP contribution in [0.25, 0.3) is 0 Å². The molecule has 1 aromatic carbocycles. The maximum Gasteiger partial charge on any atom is 0.343 e. The van der Waals surface area contributed by atoms with Gasteiger partial charge in [0.2, 0.25) is 0 Å². The Hall–Kier alpha value is -2.31. The molecule has 6 heteroatoms. The second-order valence-corrected chi connectivity index (χ2v) is 9.83. The van der Waals surface area contributed by atoms with Gasteiger partial charge in [0.1, 0.15) is 6.54 Å². The number of quaternary nitrogens is 1. The van der Waals surface area contributed by atoms with Gasteiger partial charge in [-0.25, -0.2) is 4.79 Å². The Kier molecular flexibility index (Phi) is 7.21. The minimum absolute atomic E-state index is 0.0751. The lowest BCUT2D eigenvalue weighted by Crippen LogP contribution is -2.55. The van der Waals surface area contributed by atoms with Gasteiger partial charge in [0.25, 0.3) is 0 Å². The summed E-state index contributed by atoms with van der Waals surface area (Å²) in [6, 6.07) is 9.39. The lowest BCUT2D eigenvalue weighted by molar-refractivity contribution is -0.917. The van der Waals surface area contributed by atoms with Crippen molar-refractivity contribution in [3.63, 3.8) is 0 Å². The fourth-order valence-corrected chi connectivity index (χ4v) is 5.57. The number of ether oxygens (including phenoxy) is 1. The van der Waals surface area contributed by atoms with E-state index in [0.717, 1.165) is 81.2 Å². The molecule has 32 heavy (non-hydrogen) atoms. The van der Waals surface area contributed by atoms with Gasteiger partial charge in [0.15, 0.2) is 11.7 Å². The molecule has 1 aliphatic heterocycles. The Morgan fingerprint density at radius 1 is 1.16 bits per heavy atom. The lowest BCUT2D eigenvalue weighted by atomic mass is 9.80. The number of likely N-dealkylation sites (tertiary alicyclic amines) is 1. The minimum Gasteiger partial charge on any atom is -0.454 e. The van der Waals surface area contributed by atoms with Crippen molar-refractivity contribution in [2.24, 2.45) is 5.92 Å². The highest BCUT2D eigenvalue weighted by Gasteiger charge is 2.49. The number of hydrogen-bond acceptors (Lipinski definition) is 5. The third-order valence-electron chi connectivity index (χ3n) is 7.36. The SMILES string of the molecule is C[N+]1(CCCc2cnccn2)CCCC(OC(=O)[C@](O)(c2ccccc2)C2CCCC2)C1. The van der Waals surface area contributed by atoms with E-state index in [-0.39, 0.29) is 12.0 Å². The third-order valence-corrected chi connectivity index (χ3v) is 7.36. The smallest absolute Gasteiger partial charge is 0.343 e. The van der Waals surface area contributed by atoms with Gasteiger partial charge in [-0.05, 0) is 31.2 Å². The van der Waals surface area contributed by atoms with Crippen molar-refractivity contribution in [3.8, 4) is 0 Å². The summed E-state index contributed by atoms with van der Waals surface area (Å²) in [7, 11) is 2.25. The maximum absolute atomic E-state index is 13.4. The highest BCUT2D eigenvalue weighted by molar-refractivity contribution is 5.81. The molecule has 6 nitrogen and oxygen atoms in total. The number of rotatable bonds is 8. The summed E-state index contributed by atoms with van der Waals surface area (Å²) < 4.78 is 6.94. The van der Waals surface area contributed by atoms with Gasteiger partial charge < -0.3 is 14.3 Å². The second-order valence-electron chi connectivity index (χ2n) is 9.83. The average Bonchev–Trinajstić information content (AvgIpc) is 3.35. The molecule has 1 saturated carbocycles. The van der Waals surface area contributed by atoms with Gasteiger partial charge in [-0.3, -0.25) is 9.97 Å². The molecule has 0 amide bonds. The summed E-state index contributed by atoms with van der Waals surface area (Å²) in [5.74, 6) is -0.539. The Labute approximate surface area is 191 Å². The molecular weight excluding hydrogens is 402 g/mol. The van der Waals surface area contributed by atoms with E-state index in [1.165, 1.54) is 0 Å². The molecule has 2 unspecified atom stereocenters. The number of hydrogen-bond donors (Lipinski definition) is 1. The molecule has 0 radical (unpaired) electrons. The van der Waals surface area contributed by atoms with E-state index in [1.54, 1.807) is 12.4 Å². The number of aryl methyl sites for hydroxylation is 1. The van der Waals surface area contributed by atoms with Crippen molar-refractivity contribution in [1.29, 1.82) is 0 Å². The van der Waals surface area contributed by atoms with Crippen LogP contribution in [-0.4, -0.2) is 58.3 Å². The standard InChI is InChI=1S/C26H36N3O3/c1-29(17-7-13-23-19-27-15-16-28-23)18-8-14-24(20-29)32-25(30)26(31,22-11-5-6-12-22)21-9-3-2-4-10-21/h2-4,9-10,15-16,19,22,24,31H,5-8,11-14,17-18,20H2,1H3/q+1/t24?,26-,29?/m0/s1. The third kappa shape index (κ3) is 5.18. The Balaban J connectivity index is 1.40. The molecule has 2 fully saturated rings. The fourth-order valence-electron chi connectivity index (χ4n) is 5.57. The van der Waals surface area contributed by atoms with Crippen molar-refractivity contribution < 1.29 is 19.1 Å². The summed E-state index contributed by atoms with van der Waals surface area (Å²) in [5, 5.41) is 11.7. The van der Waals surface area contributed by atoms with E-state index in [4.69, 9.17) is 4.74 Å². The molecular formula is C26H36N3O3+. The molecule has 1 aliphatic carbocycles. The normalized spacial score (nSPS) is 25.9. The number of esters is 1. The van der Waals surface area contributed by atoms with Crippen LogP contribution in [0.2, 0.25) is 0 Å². The van der Waals surface area contributed by atoms with Crippen LogP contribution < -0.4 is 0 Å². The van der Waals surface area contributed by atoms with Crippen LogP contribution >= 0.6 is 0 Å². The monoisotopic (exact) mass is 438 g/mol. The summed E-state index contributed by atoms with van der Waals surface area (Å²) >= 11 is 0. The molecule has 2 heterocycles. The van der Waals surface area contributed by atoms with Crippen LogP contribution in [0.1, 0.15) is 56.2 Å². The minimum atomic E-state index is -1.55. The van der Waals surface area contributed by atoms with E-state index >= 15 is 0 Å². The van der Waals surface area contributed by atoms with Crippen molar-refractivity contribution in [3.05, 3.63) is 60.2 Å². The molecule has 1 saturated heterocycles. The molecule has 0 bridgehead atoms. The van der Waals surface area contributed by atoms with Gasteiger partial charge in [-0.15, -0.1) is 0 Å². The molecule has 4 rings (SSSR count). The quantitative estimate of drug-likeness (QED) is 0.503. The molecule has 2 aromatic rings. The van der Waals surface area contributed by atoms with Gasteiger partial charge in [0, 0.05) is 37.4 Å². The Morgan fingerprint density at radius 2 is 1.94 bits per heavy atom. The van der Waals surface area contributed by atoms with Crippen molar-refractivity contribution in [2.75, 3.05) is 26.7 Å². The number of likely N-dealkylation sites (N-methyl/N-ethyl adjacent to an activating group) is 1. The number of carbonyl (C=O) groups is 1. The number of carbonyl (C=O) groups excluding carboxylic acids is 1. The van der Waals surface area contributed by atoms with Gasteiger partial charge in [-0.1, -0.05) is 43.2 Å². The van der Waals surface area contributed by atoms with Crippen molar-refractivity contribution >= 4 is 5.97 Å². The number of aliphatic hydroxyl groups is 1.